The number of hydrogen-bond donors (Lipinski definition) is 1. The topological polar surface area (TPSA) is 58.1 Å². The lowest BCUT2D eigenvalue weighted by Gasteiger charge is -2.10. The molecule has 0 aliphatic carbocycles. The van der Waals surface area contributed by atoms with Crippen molar-refractivity contribution >= 4 is 17.5 Å². The Morgan fingerprint density at radius 1 is 1.20 bits per heavy atom. The van der Waals surface area contributed by atoms with Gasteiger partial charge in [0.25, 0.3) is 5.91 Å². The Kier molecular flexibility index (Phi) is 3.88. The predicted molar refractivity (Wildman–Crippen MR) is 70.7 cm³/mol. The van der Waals surface area contributed by atoms with Crippen LogP contribution in [0.5, 0.6) is 0 Å². The summed E-state index contributed by atoms with van der Waals surface area (Å²) in [6.45, 7) is 0. The molecule has 0 saturated heterocycles. The molecule has 2 aromatic rings. The molecule has 1 amide bonds. The van der Waals surface area contributed by atoms with Crippen molar-refractivity contribution in [3.8, 4) is 0 Å². The van der Waals surface area contributed by atoms with Gasteiger partial charge in [-0.2, -0.15) is 0 Å². The average Bonchev–Trinajstić information content (AvgIpc) is 2.39. The molecule has 1 aromatic heterocycles. The van der Waals surface area contributed by atoms with Gasteiger partial charge in [0.15, 0.2) is 0 Å². The second kappa shape index (κ2) is 5.60. The number of hydrogen-bond acceptors (Lipinski definition) is 4. The third kappa shape index (κ3) is 3.05. The van der Waals surface area contributed by atoms with Crippen LogP contribution in [0.2, 0.25) is 0 Å². The Hall–Kier alpha value is -2.57. The van der Waals surface area contributed by atoms with Gasteiger partial charge < -0.3 is 10.2 Å². The molecule has 0 fully saturated rings. The number of carbonyl (C=O) groups is 1. The Morgan fingerprint density at radius 2 is 1.85 bits per heavy atom. The molecule has 1 aromatic carbocycles. The summed E-state index contributed by atoms with van der Waals surface area (Å²) in [7, 11) is 3.56. The van der Waals surface area contributed by atoms with E-state index in [1.54, 1.807) is 19.0 Å². The Balaban J connectivity index is 2.15. The maximum Gasteiger partial charge on any atom is 0.258 e. The molecule has 20 heavy (non-hydrogen) atoms. The summed E-state index contributed by atoms with van der Waals surface area (Å²) in [6.07, 6.45) is 2.81. The van der Waals surface area contributed by atoms with E-state index in [1.165, 1.54) is 12.4 Å². The molecule has 5 nitrogen and oxygen atoms in total. The second-order valence-corrected chi connectivity index (χ2v) is 4.24. The van der Waals surface area contributed by atoms with Crippen LogP contribution in [-0.2, 0) is 0 Å². The highest BCUT2D eigenvalue weighted by Gasteiger charge is 2.13. The van der Waals surface area contributed by atoms with Gasteiger partial charge in [-0.1, -0.05) is 0 Å². The smallest absolute Gasteiger partial charge is 0.258 e. The first-order valence-corrected chi connectivity index (χ1v) is 5.73. The minimum absolute atomic E-state index is 0.247. The van der Waals surface area contributed by atoms with Crippen LogP contribution in [-0.4, -0.2) is 30.0 Å². The largest absolute Gasteiger partial charge is 0.347 e. The zero-order chi connectivity index (χ0) is 14.7. The quantitative estimate of drug-likeness (QED) is 0.933. The number of aromatic nitrogens is 2. The van der Waals surface area contributed by atoms with Crippen LogP contribution in [0, 0.1) is 11.6 Å². The van der Waals surface area contributed by atoms with Crippen molar-refractivity contribution in [2.75, 3.05) is 24.3 Å². The molecule has 2 rings (SSSR count). The predicted octanol–water partition coefficient (Wildman–Crippen LogP) is 2.07. The van der Waals surface area contributed by atoms with Gasteiger partial charge in [0, 0.05) is 20.2 Å². The summed E-state index contributed by atoms with van der Waals surface area (Å²) in [6, 6.07) is 2.75. The lowest BCUT2D eigenvalue weighted by molar-refractivity contribution is 0.102. The number of nitrogens with zero attached hydrogens (tertiary/aromatic N) is 3. The fraction of sp³-hybridized carbons (Fsp3) is 0.154. The number of amides is 1. The number of halogens is 2. The molecule has 1 N–H and O–H groups in total. The fourth-order valence-corrected chi connectivity index (χ4v) is 1.49. The van der Waals surface area contributed by atoms with Gasteiger partial charge in [0.1, 0.15) is 11.6 Å². The SMILES string of the molecule is CN(C)c1ncc(NC(=O)c2ccc(F)cc2F)cn1. The van der Waals surface area contributed by atoms with E-state index in [0.717, 1.165) is 12.1 Å². The van der Waals surface area contributed by atoms with E-state index in [0.29, 0.717) is 17.7 Å². The molecule has 1 heterocycles. The lowest BCUT2D eigenvalue weighted by atomic mass is 10.2. The summed E-state index contributed by atoms with van der Waals surface area (Å²) in [5.74, 6) is -1.87. The molecular formula is C13H12F2N4O. The highest BCUT2D eigenvalue weighted by Crippen LogP contribution is 2.13. The molecule has 0 spiro atoms. The van der Waals surface area contributed by atoms with Gasteiger partial charge in [-0.05, 0) is 12.1 Å². The maximum absolute atomic E-state index is 13.4. The van der Waals surface area contributed by atoms with E-state index in [-0.39, 0.29) is 5.56 Å². The van der Waals surface area contributed by atoms with E-state index in [9.17, 15) is 13.6 Å². The highest BCUT2D eigenvalue weighted by atomic mass is 19.1. The van der Waals surface area contributed by atoms with Crippen LogP contribution in [0.3, 0.4) is 0 Å². The van der Waals surface area contributed by atoms with E-state index in [1.807, 2.05) is 0 Å². The van der Waals surface area contributed by atoms with Crippen molar-refractivity contribution in [3.05, 3.63) is 47.8 Å². The van der Waals surface area contributed by atoms with Crippen molar-refractivity contribution in [1.29, 1.82) is 0 Å². The van der Waals surface area contributed by atoms with Crippen LogP contribution in [0.25, 0.3) is 0 Å². The minimum Gasteiger partial charge on any atom is -0.347 e. The van der Waals surface area contributed by atoms with Crippen molar-refractivity contribution in [1.82, 2.24) is 9.97 Å². The molecule has 0 atom stereocenters. The number of nitrogens with one attached hydrogen (secondary N) is 1. The molecule has 0 unspecified atom stereocenters. The Bertz CT molecular complexity index is 629. The summed E-state index contributed by atoms with van der Waals surface area (Å²) in [4.78, 5) is 21.5. The maximum atomic E-state index is 13.4. The molecule has 0 saturated carbocycles. The number of rotatable bonds is 3. The average molecular weight is 278 g/mol. The Morgan fingerprint density at radius 3 is 2.40 bits per heavy atom. The van der Waals surface area contributed by atoms with Gasteiger partial charge in [-0.3, -0.25) is 4.79 Å². The highest BCUT2D eigenvalue weighted by molar-refractivity contribution is 6.04. The zero-order valence-electron chi connectivity index (χ0n) is 10.9. The lowest BCUT2D eigenvalue weighted by Crippen LogP contribution is -2.16. The summed E-state index contributed by atoms with van der Waals surface area (Å²) in [5.41, 5.74) is 0.0763. The molecule has 0 radical (unpaired) electrons. The van der Waals surface area contributed by atoms with Crippen LogP contribution in [0.15, 0.2) is 30.6 Å². The first-order chi connectivity index (χ1) is 9.47. The normalized spacial score (nSPS) is 10.2. The van der Waals surface area contributed by atoms with Crippen LogP contribution < -0.4 is 10.2 Å². The van der Waals surface area contributed by atoms with E-state index in [2.05, 4.69) is 15.3 Å². The molecule has 104 valence electrons. The van der Waals surface area contributed by atoms with Crippen molar-refractivity contribution in [2.45, 2.75) is 0 Å². The van der Waals surface area contributed by atoms with Crippen molar-refractivity contribution in [3.63, 3.8) is 0 Å². The van der Waals surface area contributed by atoms with Gasteiger partial charge in [-0.25, -0.2) is 18.7 Å². The van der Waals surface area contributed by atoms with Gasteiger partial charge in [-0.15, -0.1) is 0 Å². The van der Waals surface area contributed by atoms with Gasteiger partial charge >= 0.3 is 0 Å². The van der Waals surface area contributed by atoms with Crippen LogP contribution in [0.1, 0.15) is 10.4 Å². The third-order valence-corrected chi connectivity index (χ3v) is 2.47. The van der Waals surface area contributed by atoms with E-state index >= 15 is 0 Å². The monoisotopic (exact) mass is 278 g/mol. The number of benzene rings is 1. The van der Waals surface area contributed by atoms with Gasteiger partial charge in [0.2, 0.25) is 5.95 Å². The van der Waals surface area contributed by atoms with Gasteiger partial charge in [0.05, 0.1) is 23.6 Å². The number of anilines is 2. The molecule has 0 aliphatic heterocycles. The fourth-order valence-electron chi connectivity index (χ4n) is 1.49. The molecule has 7 heteroatoms. The summed E-state index contributed by atoms with van der Waals surface area (Å²) < 4.78 is 26.2. The first kappa shape index (κ1) is 13.9. The molecule has 0 aliphatic rings. The summed E-state index contributed by atoms with van der Waals surface area (Å²) in [5, 5.41) is 2.44. The van der Waals surface area contributed by atoms with E-state index < -0.39 is 17.5 Å². The standard InChI is InChI=1S/C13H12F2N4O/c1-19(2)13-16-6-9(7-17-13)18-12(20)10-4-3-8(14)5-11(10)15/h3-7H,1-2H3,(H,18,20). The molecular weight excluding hydrogens is 266 g/mol. The third-order valence-electron chi connectivity index (χ3n) is 2.47. The zero-order valence-corrected chi connectivity index (χ0v) is 10.9. The van der Waals surface area contributed by atoms with Crippen LogP contribution >= 0.6 is 0 Å². The molecule has 0 bridgehead atoms. The van der Waals surface area contributed by atoms with Crippen LogP contribution in [0.4, 0.5) is 20.4 Å². The van der Waals surface area contributed by atoms with Crippen molar-refractivity contribution < 1.29 is 13.6 Å². The number of carbonyl (C=O) groups excluding carboxylic acids is 1. The Labute approximate surface area is 114 Å². The van der Waals surface area contributed by atoms with Crippen molar-refractivity contribution in [2.24, 2.45) is 0 Å². The summed E-state index contributed by atoms with van der Waals surface area (Å²) >= 11 is 0. The second-order valence-electron chi connectivity index (χ2n) is 4.24. The first-order valence-electron chi connectivity index (χ1n) is 5.73. The minimum atomic E-state index is -0.923. The van der Waals surface area contributed by atoms with E-state index in [4.69, 9.17) is 0 Å².